The van der Waals surface area contributed by atoms with Gasteiger partial charge in [-0.15, -0.1) is 0 Å². The fourth-order valence-corrected chi connectivity index (χ4v) is 3.29. The molecule has 8 heteroatoms. The Morgan fingerprint density at radius 1 is 1.00 bits per heavy atom. The molecule has 4 rings (SSSR count). The van der Waals surface area contributed by atoms with Gasteiger partial charge in [0.05, 0.1) is 18.8 Å². The van der Waals surface area contributed by atoms with Gasteiger partial charge in [-0.2, -0.15) is 0 Å². The fourth-order valence-electron chi connectivity index (χ4n) is 3.29. The van der Waals surface area contributed by atoms with Gasteiger partial charge in [0.25, 0.3) is 11.5 Å². The normalized spacial score (nSPS) is 10.7. The van der Waals surface area contributed by atoms with E-state index in [1.165, 1.54) is 12.1 Å². The quantitative estimate of drug-likeness (QED) is 0.492. The topological polar surface area (TPSA) is 96.8 Å². The molecule has 2 aromatic heterocycles. The molecule has 0 atom stereocenters. The standard InChI is InChI=1S/C24H19FN4O3/c25-18-10-8-17(9-11-18)19-7-4-12-26-21(19)14-27-23(31)20-13-22(30)29(24(32)28-20)15-16-5-2-1-3-6-16/h1-13H,14-15H2,(H,27,31)(H,28,32). The van der Waals surface area contributed by atoms with Gasteiger partial charge in [-0.1, -0.05) is 48.5 Å². The molecule has 0 fully saturated rings. The second-order valence-corrected chi connectivity index (χ2v) is 7.09. The predicted molar refractivity (Wildman–Crippen MR) is 118 cm³/mol. The summed E-state index contributed by atoms with van der Waals surface area (Å²) in [6.07, 6.45) is 1.58. The van der Waals surface area contributed by atoms with Gasteiger partial charge in [0.15, 0.2) is 0 Å². The van der Waals surface area contributed by atoms with Crippen LogP contribution in [0.25, 0.3) is 11.1 Å². The van der Waals surface area contributed by atoms with Crippen LogP contribution in [0.15, 0.2) is 88.6 Å². The number of rotatable bonds is 6. The number of amides is 1. The number of halogens is 1. The summed E-state index contributed by atoms with van der Waals surface area (Å²) in [5, 5.41) is 2.67. The summed E-state index contributed by atoms with van der Waals surface area (Å²) in [5.74, 6) is -0.958. The first-order valence-corrected chi connectivity index (χ1v) is 9.87. The smallest absolute Gasteiger partial charge is 0.329 e. The average molecular weight is 430 g/mol. The predicted octanol–water partition coefficient (Wildman–Crippen LogP) is 2.72. The molecule has 0 saturated heterocycles. The second kappa shape index (κ2) is 9.22. The van der Waals surface area contributed by atoms with Crippen molar-refractivity contribution in [3.8, 4) is 11.1 Å². The summed E-state index contributed by atoms with van der Waals surface area (Å²) >= 11 is 0. The van der Waals surface area contributed by atoms with Crippen LogP contribution in [0.5, 0.6) is 0 Å². The molecule has 2 heterocycles. The van der Waals surface area contributed by atoms with Gasteiger partial charge in [-0.3, -0.25) is 19.1 Å². The van der Waals surface area contributed by atoms with Crippen molar-refractivity contribution in [1.29, 1.82) is 0 Å². The van der Waals surface area contributed by atoms with E-state index in [0.29, 0.717) is 5.69 Å². The van der Waals surface area contributed by atoms with Crippen molar-refractivity contribution in [2.75, 3.05) is 0 Å². The van der Waals surface area contributed by atoms with Gasteiger partial charge < -0.3 is 10.3 Å². The van der Waals surface area contributed by atoms with E-state index in [4.69, 9.17) is 0 Å². The summed E-state index contributed by atoms with van der Waals surface area (Å²) in [7, 11) is 0. The molecular formula is C24H19FN4O3. The number of aromatic nitrogens is 3. The van der Waals surface area contributed by atoms with E-state index in [-0.39, 0.29) is 24.6 Å². The van der Waals surface area contributed by atoms with Gasteiger partial charge >= 0.3 is 5.69 Å². The maximum absolute atomic E-state index is 13.2. The lowest BCUT2D eigenvalue weighted by molar-refractivity contribution is 0.0944. The summed E-state index contributed by atoms with van der Waals surface area (Å²) in [5.41, 5.74) is 1.46. The summed E-state index contributed by atoms with van der Waals surface area (Å²) < 4.78 is 14.3. The van der Waals surface area contributed by atoms with Crippen LogP contribution in [0, 0.1) is 5.82 Å². The van der Waals surface area contributed by atoms with Crippen LogP contribution in [0.4, 0.5) is 4.39 Å². The minimum Gasteiger partial charge on any atom is -0.345 e. The number of nitrogens with zero attached hydrogens (tertiary/aromatic N) is 2. The van der Waals surface area contributed by atoms with Crippen LogP contribution in [-0.2, 0) is 13.1 Å². The largest absolute Gasteiger partial charge is 0.345 e. The molecule has 0 aliphatic carbocycles. The zero-order chi connectivity index (χ0) is 22.5. The number of carbonyl (C=O) groups is 1. The molecule has 0 unspecified atom stereocenters. The monoisotopic (exact) mass is 430 g/mol. The Bertz CT molecular complexity index is 1330. The highest BCUT2D eigenvalue weighted by Gasteiger charge is 2.13. The zero-order valence-electron chi connectivity index (χ0n) is 16.9. The third-order valence-electron chi connectivity index (χ3n) is 4.91. The van der Waals surface area contributed by atoms with Crippen molar-refractivity contribution >= 4 is 5.91 Å². The number of aromatic amines is 1. The highest BCUT2D eigenvalue weighted by Crippen LogP contribution is 2.22. The molecule has 4 aromatic rings. The molecule has 0 saturated carbocycles. The zero-order valence-corrected chi connectivity index (χ0v) is 16.9. The number of carbonyl (C=O) groups excluding carboxylic acids is 1. The lowest BCUT2D eigenvalue weighted by atomic mass is 10.0. The van der Waals surface area contributed by atoms with Gasteiger partial charge in [0.2, 0.25) is 0 Å². The van der Waals surface area contributed by atoms with Gasteiger partial charge in [0, 0.05) is 17.8 Å². The van der Waals surface area contributed by atoms with E-state index in [9.17, 15) is 18.8 Å². The number of hydrogen-bond donors (Lipinski definition) is 2. The van der Waals surface area contributed by atoms with E-state index in [0.717, 1.165) is 27.3 Å². The third kappa shape index (κ3) is 4.70. The summed E-state index contributed by atoms with van der Waals surface area (Å²) in [4.78, 5) is 44.2. The molecule has 2 aromatic carbocycles. The highest BCUT2D eigenvalue weighted by atomic mass is 19.1. The van der Waals surface area contributed by atoms with Crippen molar-refractivity contribution in [3.63, 3.8) is 0 Å². The van der Waals surface area contributed by atoms with Crippen molar-refractivity contribution < 1.29 is 9.18 Å². The molecule has 1 amide bonds. The lowest BCUT2D eigenvalue weighted by Gasteiger charge is -2.11. The van der Waals surface area contributed by atoms with Crippen LogP contribution in [0.3, 0.4) is 0 Å². The Morgan fingerprint density at radius 3 is 2.47 bits per heavy atom. The van der Waals surface area contributed by atoms with E-state index in [1.54, 1.807) is 36.5 Å². The molecule has 0 radical (unpaired) electrons. The minimum absolute atomic E-state index is 0.0571. The van der Waals surface area contributed by atoms with Crippen LogP contribution in [0.2, 0.25) is 0 Å². The van der Waals surface area contributed by atoms with E-state index in [1.807, 2.05) is 24.3 Å². The van der Waals surface area contributed by atoms with Crippen LogP contribution in [0.1, 0.15) is 21.7 Å². The number of benzene rings is 2. The maximum Gasteiger partial charge on any atom is 0.329 e. The van der Waals surface area contributed by atoms with Crippen molar-refractivity contribution in [3.05, 3.63) is 123 Å². The van der Waals surface area contributed by atoms with E-state index < -0.39 is 17.2 Å². The molecule has 0 spiro atoms. The Balaban J connectivity index is 1.51. The molecule has 7 nitrogen and oxygen atoms in total. The van der Waals surface area contributed by atoms with Crippen LogP contribution >= 0.6 is 0 Å². The number of hydrogen-bond acceptors (Lipinski definition) is 4. The van der Waals surface area contributed by atoms with Crippen LogP contribution < -0.4 is 16.6 Å². The first-order valence-electron chi connectivity index (χ1n) is 9.87. The fraction of sp³-hybridized carbons (Fsp3) is 0.0833. The average Bonchev–Trinajstić information content (AvgIpc) is 2.81. The first-order chi connectivity index (χ1) is 15.5. The molecular weight excluding hydrogens is 411 g/mol. The third-order valence-corrected chi connectivity index (χ3v) is 4.91. The van der Waals surface area contributed by atoms with Gasteiger partial charge in [0.1, 0.15) is 11.5 Å². The first kappa shape index (κ1) is 20.9. The Labute approximate surface area is 182 Å². The Morgan fingerprint density at radius 2 is 1.75 bits per heavy atom. The van der Waals surface area contributed by atoms with Crippen molar-refractivity contribution in [1.82, 2.24) is 19.9 Å². The van der Waals surface area contributed by atoms with Crippen molar-refractivity contribution in [2.24, 2.45) is 0 Å². The van der Waals surface area contributed by atoms with E-state index >= 15 is 0 Å². The summed E-state index contributed by atoms with van der Waals surface area (Å²) in [6, 6.07) is 19.7. The minimum atomic E-state index is -0.670. The SMILES string of the molecule is O=C(NCc1ncccc1-c1ccc(F)cc1)c1cc(=O)n(Cc2ccccc2)c(=O)[nH]1. The molecule has 0 aliphatic heterocycles. The molecule has 160 valence electrons. The van der Waals surface area contributed by atoms with Gasteiger partial charge in [-0.05, 0) is 29.3 Å². The number of pyridine rings is 1. The van der Waals surface area contributed by atoms with Crippen molar-refractivity contribution in [2.45, 2.75) is 13.1 Å². The molecule has 32 heavy (non-hydrogen) atoms. The maximum atomic E-state index is 13.2. The van der Waals surface area contributed by atoms with Gasteiger partial charge in [-0.25, -0.2) is 9.18 Å². The number of H-pyrrole nitrogens is 1. The second-order valence-electron chi connectivity index (χ2n) is 7.09. The number of nitrogens with one attached hydrogen (secondary N) is 2. The molecule has 0 bridgehead atoms. The molecule has 0 aliphatic rings. The Hall–Kier alpha value is -4.33. The van der Waals surface area contributed by atoms with E-state index in [2.05, 4.69) is 15.3 Å². The van der Waals surface area contributed by atoms with Crippen LogP contribution in [-0.4, -0.2) is 20.4 Å². The summed E-state index contributed by atoms with van der Waals surface area (Å²) in [6.45, 7) is 0.160. The lowest BCUT2D eigenvalue weighted by Crippen LogP contribution is -2.38. The highest BCUT2D eigenvalue weighted by molar-refractivity contribution is 5.92. The Kier molecular flexibility index (Phi) is 6.03. The molecule has 2 N–H and O–H groups in total.